The van der Waals surface area contributed by atoms with Crippen LogP contribution >= 0.6 is 0 Å². The molecule has 10 nitrogen and oxygen atoms in total. The highest BCUT2D eigenvalue weighted by Gasteiger charge is 2.21. The van der Waals surface area contributed by atoms with E-state index in [9.17, 15) is 4.79 Å². The van der Waals surface area contributed by atoms with Crippen LogP contribution in [0.15, 0.2) is 36.8 Å². The first-order chi connectivity index (χ1) is 15.5. The summed E-state index contributed by atoms with van der Waals surface area (Å²) in [6.07, 6.45) is 8.74. The molecule has 3 aromatic heterocycles. The molecule has 4 rings (SSSR count). The number of hydrogen-bond donors (Lipinski definition) is 4. The number of methoxy groups -OCH3 is 1. The Balaban J connectivity index is 1.65. The lowest BCUT2D eigenvalue weighted by Gasteiger charge is -2.27. The maximum atomic E-state index is 13.0. The van der Waals surface area contributed by atoms with E-state index in [1.54, 1.807) is 36.2 Å². The average molecular weight is 439 g/mol. The van der Waals surface area contributed by atoms with Crippen molar-refractivity contribution in [3.8, 4) is 0 Å². The van der Waals surface area contributed by atoms with Crippen molar-refractivity contribution in [3.05, 3.63) is 42.5 Å². The highest BCUT2D eigenvalue weighted by molar-refractivity contribution is 6.03. The Kier molecular flexibility index (Phi) is 6.81. The molecule has 1 fully saturated rings. The second kappa shape index (κ2) is 9.92. The number of rotatable bonds is 8. The number of nitrogens with zero attached hydrogens (tertiary/aromatic N) is 4. The van der Waals surface area contributed by atoms with Crippen LogP contribution in [0.2, 0.25) is 0 Å². The fourth-order valence-electron chi connectivity index (χ4n) is 3.96. The van der Waals surface area contributed by atoms with Gasteiger partial charge in [0.15, 0.2) is 11.3 Å². The van der Waals surface area contributed by atoms with E-state index in [4.69, 9.17) is 15.6 Å². The highest BCUT2D eigenvalue weighted by atomic mass is 16.5. The van der Waals surface area contributed by atoms with Crippen molar-refractivity contribution in [2.24, 2.45) is 5.73 Å². The fourth-order valence-corrected chi connectivity index (χ4v) is 3.96. The van der Waals surface area contributed by atoms with Crippen molar-refractivity contribution in [1.29, 1.82) is 0 Å². The summed E-state index contributed by atoms with van der Waals surface area (Å²) in [5.74, 6) is 0.383. The van der Waals surface area contributed by atoms with E-state index in [1.807, 2.05) is 13.0 Å². The van der Waals surface area contributed by atoms with E-state index in [1.165, 1.54) is 6.20 Å². The molecule has 1 aliphatic rings. The van der Waals surface area contributed by atoms with Crippen LogP contribution in [0.4, 0.5) is 17.2 Å². The lowest BCUT2D eigenvalue weighted by molar-refractivity contribution is 0.102. The summed E-state index contributed by atoms with van der Waals surface area (Å²) in [7, 11) is 1.66. The van der Waals surface area contributed by atoms with Gasteiger partial charge in [0.1, 0.15) is 5.82 Å². The number of aromatic nitrogens is 4. The Morgan fingerprint density at radius 3 is 2.75 bits per heavy atom. The van der Waals surface area contributed by atoms with Gasteiger partial charge in [-0.2, -0.15) is 0 Å². The van der Waals surface area contributed by atoms with Gasteiger partial charge in [0.2, 0.25) is 0 Å². The van der Waals surface area contributed by atoms with Crippen LogP contribution < -0.4 is 21.7 Å². The smallest absolute Gasteiger partial charge is 0.276 e. The van der Waals surface area contributed by atoms with Gasteiger partial charge in [-0.3, -0.25) is 9.78 Å². The summed E-state index contributed by atoms with van der Waals surface area (Å²) in [5, 5.41) is 14.5. The van der Waals surface area contributed by atoms with Crippen molar-refractivity contribution >= 4 is 28.7 Å². The largest absolute Gasteiger partial charge is 0.383 e. The Labute approximate surface area is 187 Å². The van der Waals surface area contributed by atoms with Crippen LogP contribution in [-0.4, -0.2) is 57.3 Å². The van der Waals surface area contributed by atoms with Crippen LogP contribution in [0.25, 0.3) is 5.65 Å². The van der Waals surface area contributed by atoms with Crippen LogP contribution in [-0.2, 0) is 4.74 Å². The summed E-state index contributed by atoms with van der Waals surface area (Å²) in [6, 6.07) is 6.02. The van der Waals surface area contributed by atoms with Crippen LogP contribution in [0.1, 0.15) is 43.1 Å². The molecule has 0 saturated heterocycles. The van der Waals surface area contributed by atoms with Gasteiger partial charge in [-0.15, -0.1) is 5.10 Å². The minimum atomic E-state index is -0.298. The molecule has 1 saturated carbocycles. The molecule has 10 heteroatoms. The molecule has 0 aliphatic heterocycles. The van der Waals surface area contributed by atoms with E-state index in [0.29, 0.717) is 35.5 Å². The highest BCUT2D eigenvalue weighted by Crippen LogP contribution is 2.25. The molecule has 0 aromatic carbocycles. The number of pyridine rings is 1. The van der Waals surface area contributed by atoms with E-state index < -0.39 is 0 Å². The molecule has 32 heavy (non-hydrogen) atoms. The standard InChI is InChI=1S/C22H30N8O2/c1-14(13-32-2)26-18-11-20(27-16-5-3-15(23)4-6-16)29-30-19(12-25-21(18)30)22(31)28-17-7-9-24-10-8-17/h7-12,14-16,26H,3-6,13,23H2,1-2H3,(H,27,29)(H,24,28,31). The average Bonchev–Trinajstić information content (AvgIpc) is 3.21. The third kappa shape index (κ3) is 5.14. The molecule has 1 atom stereocenters. The zero-order chi connectivity index (χ0) is 22.5. The number of ether oxygens (including phenoxy) is 1. The lowest BCUT2D eigenvalue weighted by atomic mass is 9.92. The lowest BCUT2D eigenvalue weighted by Crippen LogP contribution is -2.33. The fraction of sp³-hybridized carbons (Fsp3) is 0.455. The van der Waals surface area contributed by atoms with Gasteiger partial charge in [0, 0.05) is 49.4 Å². The summed E-state index contributed by atoms with van der Waals surface area (Å²) >= 11 is 0. The van der Waals surface area contributed by atoms with E-state index >= 15 is 0 Å². The van der Waals surface area contributed by atoms with Gasteiger partial charge in [-0.1, -0.05) is 0 Å². The minimum Gasteiger partial charge on any atom is -0.383 e. The number of fused-ring (bicyclic) bond motifs is 1. The van der Waals surface area contributed by atoms with Gasteiger partial charge in [0.05, 0.1) is 18.5 Å². The number of carbonyl (C=O) groups is 1. The summed E-state index contributed by atoms with van der Waals surface area (Å²) in [4.78, 5) is 21.4. The zero-order valence-electron chi connectivity index (χ0n) is 18.4. The van der Waals surface area contributed by atoms with Crippen molar-refractivity contribution in [1.82, 2.24) is 19.6 Å². The first kappa shape index (κ1) is 22.0. The monoisotopic (exact) mass is 438 g/mol. The van der Waals surface area contributed by atoms with E-state index in [2.05, 4.69) is 25.9 Å². The Bertz CT molecular complexity index is 1050. The van der Waals surface area contributed by atoms with Gasteiger partial charge < -0.3 is 26.4 Å². The number of nitrogens with one attached hydrogen (secondary N) is 3. The molecule has 1 amide bonds. The quantitative estimate of drug-likeness (QED) is 0.422. The van der Waals surface area contributed by atoms with Crippen molar-refractivity contribution < 1.29 is 9.53 Å². The molecular formula is C22H30N8O2. The molecule has 0 radical (unpaired) electrons. The van der Waals surface area contributed by atoms with Crippen LogP contribution in [0.5, 0.6) is 0 Å². The molecule has 3 heterocycles. The third-order valence-corrected chi connectivity index (χ3v) is 5.58. The topological polar surface area (TPSA) is 131 Å². The summed E-state index contributed by atoms with van der Waals surface area (Å²) < 4.78 is 6.84. The molecule has 170 valence electrons. The molecular weight excluding hydrogens is 408 g/mol. The molecule has 1 unspecified atom stereocenters. The van der Waals surface area contributed by atoms with E-state index in [-0.39, 0.29) is 18.0 Å². The summed E-state index contributed by atoms with van der Waals surface area (Å²) in [5.41, 5.74) is 8.40. The van der Waals surface area contributed by atoms with Crippen LogP contribution in [0.3, 0.4) is 0 Å². The summed E-state index contributed by atoms with van der Waals surface area (Å²) in [6.45, 7) is 2.56. The number of nitrogens with two attached hydrogens (primary N) is 1. The number of amides is 1. The van der Waals surface area contributed by atoms with Gasteiger partial charge in [-0.05, 0) is 44.7 Å². The van der Waals surface area contributed by atoms with Crippen molar-refractivity contribution in [3.63, 3.8) is 0 Å². The normalized spacial score (nSPS) is 19.5. The first-order valence-electron chi connectivity index (χ1n) is 10.9. The maximum absolute atomic E-state index is 13.0. The third-order valence-electron chi connectivity index (χ3n) is 5.58. The predicted octanol–water partition coefficient (Wildman–Crippen LogP) is 2.51. The van der Waals surface area contributed by atoms with Crippen molar-refractivity contribution in [2.45, 2.75) is 50.7 Å². The number of hydrogen-bond acceptors (Lipinski definition) is 8. The Hall–Kier alpha value is -3.24. The van der Waals surface area contributed by atoms with Gasteiger partial charge in [0.25, 0.3) is 5.91 Å². The molecule has 1 aliphatic carbocycles. The number of imidazole rings is 1. The predicted molar refractivity (Wildman–Crippen MR) is 124 cm³/mol. The number of anilines is 3. The maximum Gasteiger partial charge on any atom is 0.276 e. The Morgan fingerprint density at radius 2 is 2.03 bits per heavy atom. The SMILES string of the molecule is COCC(C)Nc1cc(NC2CCC(N)CC2)nn2c(C(=O)Nc3ccncc3)cnc12. The molecule has 0 spiro atoms. The zero-order valence-corrected chi connectivity index (χ0v) is 18.4. The van der Waals surface area contributed by atoms with Crippen LogP contribution in [0, 0.1) is 0 Å². The van der Waals surface area contributed by atoms with E-state index in [0.717, 1.165) is 31.4 Å². The van der Waals surface area contributed by atoms with Crippen molar-refractivity contribution in [2.75, 3.05) is 29.7 Å². The molecule has 3 aromatic rings. The molecule has 0 bridgehead atoms. The minimum absolute atomic E-state index is 0.0533. The molecule has 5 N–H and O–H groups in total. The van der Waals surface area contributed by atoms with Gasteiger partial charge >= 0.3 is 0 Å². The number of carbonyl (C=O) groups excluding carboxylic acids is 1. The second-order valence-electron chi connectivity index (χ2n) is 8.27. The van der Waals surface area contributed by atoms with Gasteiger partial charge in [-0.25, -0.2) is 9.50 Å². The first-order valence-corrected chi connectivity index (χ1v) is 10.9. The Morgan fingerprint density at radius 1 is 1.28 bits per heavy atom. The second-order valence-corrected chi connectivity index (χ2v) is 8.27.